The van der Waals surface area contributed by atoms with Crippen LogP contribution in [0, 0.1) is 12.8 Å². The smallest absolute Gasteiger partial charge is 0.262 e. The van der Waals surface area contributed by atoms with Gasteiger partial charge in [0.15, 0.2) is 0 Å². The Morgan fingerprint density at radius 2 is 1.78 bits per heavy atom. The second-order valence-electron chi connectivity index (χ2n) is 8.16. The fourth-order valence-corrected chi connectivity index (χ4v) is 3.64. The van der Waals surface area contributed by atoms with E-state index in [1.54, 1.807) is 19.4 Å². The lowest BCUT2D eigenvalue weighted by molar-refractivity contribution is -0.123. The molecule has 0 aromatic heterocycles. The van der Waals surface area contributed by atoms with E-state index in [0.29, 0.717) is 5.02 Å². The molecule has 0 aliphatic rings. The van der Waals surface area contributed by atoms with Gasteiger partial charge in [-0.15, -0.1) is 0 Å². The third-order valence-corrected chi connectivity index (χ3v) is 5.58. The van der Waals surface area contributed by atoms with Crippen LogP contribution in [0.25, 0.3) is 0 Å². The normalized spacial score (nSPS) is 12.3. The number of rotatable bonds is 8. The summed E-state index contributed by atoms with van der Waals surface area (Å²) in [5.74, 6) is 0.0344. The predicted octanol–water partition coefficient (Wildman–Crippen LogP) is 5.34. The molecule has 1 atom stereocenters. The maximum Gasteiger partial charge on any atom is 0.262 e. The molecule has 6 nitrogen and oxygen atoms in total. The van der Waals surface area contributed by atoms with Gasteiger partial charge in [-0.2, -0.15) is 5.10 Å². The number of hydrogen-bond acceptors (Lipinski definition) is 4. The number of ether oxygens (including phenoxy) is 1. The first kappa shape index (κ1) is 25.7. The number of methoxy groups -OCH3 is 1. The molecule has 0 bridgehead atoms. The van der Waals surface area contributed by atoms with Gasteiger partial charge in [0.05, 0.1) is 23.9 Å². The van der Waals surface area contributed by atoms with Crippen LogP contribution in [0.5, 0.6) is 5.75 Å². The van der Waals surface area contributed by atoms with Crippen LogP contribution >= 0.6 is 23.2 Å². The average molecular weight is 478 g/mol. The predicted molar refractivity (Wildman–Crippen MR) is 130 cm³/mol. The highest BCUT2D eigenvalue weighted by molar-refractivity contribution is 6.36. The van der Waals surface area contributed by atoms with Crippen molar-refractivity contribution in [1.82, 2.24) is 10.7 Å². The van der Waals surface area contributed by atoms with Crippen molar-refractivity contribution in [2.24, 2.45) is 11.0 Å². The number of carbonyl (C=O) groups excluding carboxylic acids is 2. The Labute approximate surface area is 199 Å². The Hall–Kier alpha value is -2.57. The maximum atomic E-state index is 12.7. The van der Waals surface area contributed by atoms with Gasteiger partial charge in [0.1, 0.15) is 11.8 Å². The summed E-state index contributed by atoms with van der Waals surface area (Å²) in [7, 11) is 1.65. The molecule has 0 aliphatic heterocycles. The lowest BCUT2D eigenvalue weighted by Gasteiger charge is -2.21. The molecule has 2 aromatic rings. The molecule has 2 amide bonds. The molecular weight excluding hydrogens is 449 g/mol. The summed E-state index contributed by atoms with van der Waals surface area (Å²) in [5.41, 5.74) is 5.66. The first-order valence-corrected chi connectivity index (χ1v) is 11.1. The molecule has 2 rings (SSSR count). The van der Waals surface area contributed by atoms with Crippen molar-refractivity contribution >= 4 is 41.2 Å². The standard InChI is InChI=1S/C24H29Cl2N3O3/c1-13(2)19-10-16(15(5)9-21(19)32-6)12-27-29-24(31)22(14(3)4)28-23(30)18-8-7-17(25)11-20(18)26/h7-14,22H,1-6H3,(H,28,30)(H,29,31). The summed E-state index contributed by atoms with van der Waals surface area (Å²) in [5, 5.41) is 7.47. The molecule has 0 saturated heterocycles. The molecule has 172 valence electrons. The summed E-state index contributed by atoms with van der Waals surface area (Å²) in [6.45, 7) is 9.78. The van der Waals surface area contributed by atoms with Crippen LogP contribution in [-0.2, 0) is 4.79 Å². The molecular formula is C24H29Cl2N3O3. The van der Waals surface area contributed by atoms with Crippen molar-refractivity contribution in [3.05, 3.63) is 62.6 Å². The number of carbonyl (C=O) groups is 2. The highest BCUT2D eigenvalue weighted by atomic mass is 35.5. The van der Waals surface area contributed by atoms with E-state index in [-0.39, 0.29) is 22.4 Å². The van der Waals surface area contributed by atoms with Gasteiger partial charge in [0.2, 0.25) is 0 Å². The van der Waals surface area contributed by atoms with E-state index in [0.717, 1.165) is 22.4 Å². The molecule has 2 N–H and O–H groups in total. The van der Waals surface area contributed by atoms with E-state index in [1.165, 1.54) is 12.1 Å². The van der Waals surface area contributed by atoms with Gasteiger partial charge >= 0.3 is 0 Å². The van der Waals surface area contributed by atoms with E-state index in [9.17, 15) is 9.59 Å². The first-order valence-electron chi connectivity index (χ1n) is 10.3. The van der Waals surface area contributed by atoms with Crippen molar-refractivity contribution < 1.29 is 14.3 Å². The van der Waals surface area contributed by atoms with Gasteiger partial charge in [-0.05, 0) is 65.8 Å². The third-order valence-electron chi connectivity index (χ3n) is 5.03. The maximum absolute atomic E-state index is 12.7. The second-order valence-corrected chi connectivity index (χ2v) is 9.00. The quantitative estimate of drug-likeness (QED) is 0.397. The number of hydrogen-bond donors (Lipinski definition) is 2. The molecule has 0 heterocycles. The lowest BCUT2D eigenvalue weighted by Crippen LogP contribution is -2.48. The molecule has 0 aliphatic carbocycles. The number of benzene rings is 2. The van der Waals surface area contributed by atoms with E-state index < -0.39 is 17.9 Å². The van der Waals surface area contributed by atoms with Crippen LogP contribution in [-0.4, -0.2) is 31.2 Å². The van der Waals surface area contributed by atoms with Gasteiger partial charge in [-0.25, -0.2) is 5.43 Å². The van der Waals surface area contributed by atoms with E-state index in [2.05, 4.69) is 29.7 Å². The second kappa shape index (κ2) is 11.3. The number of amides is 2. The van der Waals surface area contributed by atoms with Gasteiger partial charge in [-0.3, -0.25) is 9.59 Å². The van der Waals surface area contributed by atoms with Gasteiger partial charge in [0.25, 0.3) is 11.8 Å². The highest BCUT2D eigenvalue weighted by Gasteiger charge is 2.25. The van der Waals surface area contributed by atoms with Gasteiger partial charge in [-0.1, -0.05) is 50.9 Å². The molecule has 0 saturated carbocycles. The average Bonchev–Trinajstić information content (AvgIpc) is 2.71. The molecule has 0 spiro atoms. The summed E-state index contributed by atoms with van der Waals surface area (Å²) >= 11 is 12.0. The monoisotopic (exact) mass is 477 g/mol. The number of hydrazone groups is 1. The molecule has 8 heteroatoms. The van der Waals surface area contributed by atoms with Crippen molar-refractivity contribution in [2.75, 3.05) is 7.11 Å². The van der Waals surface area contributed by atoms with Crippen molar-refractivity contribution in [1.29, 1.82) is 0 Å². The zero-order valence-corrected chi connectivity index (χ0v) is 20.6. The number of nitrogens with one attached hydrogen (secondary N) is 2. The van der Waals surface area contributed by atoms with Crippen molar-refractivity contribution in [3.8, 4) is 5.75 Å². The SMILES string of the molecule is COc1cc(C)c(C=NNC(=O)C(NC(=O)c2ccc(Cl)cc2Cl)C(C)C)cc1C(C)C. The minimum Gasteiger partial charge on any atom is -0.496 e. The van der Waals surface area contributed by atoms with Crippen LogP contribution in [0.1, 0.15) is 60.7 Å². The molecule has 0 radical (unpaired) electrons. The Balaban J connectivity index is 2.14. The summed E-state index contributed by atoms with van der Waals surface area (Å²) in [6, 6.07) is 7.72. The Bertz CT molecular complexity index is 1020. The molecule has 32 heavy (non-hydrogen) atoms. The zero-order valence-electron chi connectivity index (χ0n) is 19.1. The van der Waals surface area contributed by atoms with Crippen LogP contribution in [0.4, 0.5) is 0 Å². The highest BCUT2D eigenvalue weighted by Crippen LogP contribution is 2.29. The van der Waals surface area contributed by atoms with Crippen molar-refractivity contribution in [2.45, 2.75) is 46.6 Å². The zero-order chi connectivity index (χ0) is 24.0. The van der Waals surface area contributed by atoms with Crippen LogP contribution in [0.2, 0.25) is 10.0 Å². The van der Waals surface area contributed by atoms with Crippen LogP contribution < -0.4 is 15.5 Å². The minimum absolute atomic E-state index is 0.171. The van der Waals surface area contributed by atoms with Gasteiger partial charge < -0.3 is 10.1 Å². The lowest BCUT2D eigenvalue weighted by atomic mass is 9.97. The van der Waals surface area contributed by atoms with E-state index in [1.807, 2.05) is 32.9 Å². The largest absolute Gasteiger partial charge is 0.496 e. The van der Waals surface area contributed by atoms with Crippen molar-refractivity contribution in [3.63, 3.8) is 0 Å². The molecule has 0 fully saturated rings. The minimum atomic E-state index is -0.797. The number of nitrogens with zero attached hydrogens (tertiary/aromatic N) is 1. The summed E-state index contributed by atoms with van der Waals surface area (Å²) in [4.78, 5) is 25.4. The van der Waals surface area contributed by atoms with E-state index in [4.69, 9.17) is 27.9 Å². The number of aryl methyl sites for hydroxylation is 1. The fourth-order valence-electron chi connectivity index (χ4n) is 3.15. The first-order chi connectivity index (χ1) is 15.0. The van der Waals surface area contributed by atoms with Crippen LogP contribution in [0.15, 0.2) is 35.4 Å². The Morgan fingerprint density at radius 3 is 2.34 bits per heavy atom. The summed E-state index contributed by atoms with van der Waals surface area (Å²) < 4.78 is 5.46. The third kappa shape index (κ3) is 6.47. The van der Waals surface area contributed by atoms with Crippen LogP contribution in [0.3, 0.4) is 0 Å². The van der Waals surface area contributed by atoms with E-state index >= 15 is 0 Å². The molecule has 1 unspecified atom stereocenters. The number of halogens is 2. The van der Waals surface area contributed by atoms with Gasteiger partial charge in [0, 0.05) is 5.02 Å². The fraction of sp³-hybridized carbons (Fsp3) is 0.375. The molecule has 2 aromatic carbocycles. The Kier molecular flexibility index (Phi) is 9.10. The summed E-state index contributed by atoms with van der Waals surface area (Å²) in [6.07, 6.45) is 1.59. The topological polar surface area (TPSA) is 79.8 Å². The Morgan fingerprint density at radius 1 is 1.09 bits per heavy atom.